The van der Waals surface area contributed by atoms with E-state index in [0.29, 0.717) is 0 Å². The third kappa shape index (κ3) is 2.95. The van der Waals surface area contributed by atoms with Crippen LogP contribution in [0.15, 0.2) is 23.0 Å². The Bertz CT molecular complexity index is 694. The summed E-state index contributed by atoms with van der Waals surface area (Å²) in [5.41, 5.74) is 5.58. The van der Waals surface area contributed by atoms with Crippen LogP contribution in [0, 0.1) is 20.8 Å². The summed E-state index contributed by atoms with van der Waals surface area (Å²) < 4.78 is 0. The summed E-state index contributed by atoms with van der Waals surface area (Å²) in [4.78, 5) is 18.2. The Labute approximate surface area is 130 Å². The summed E-state index contributed by atoms with van der Waals surface area (Å²) in [5.74, 6) is 0. The summed E-state index contributed by atoms with van der Waals surface area (Å²) in [6, 6.07) is 5.82. The van der Waals surface area contributed by atoms with Crippen molar-refractivity contribution < 1.29 is 0 Å². The second kappa shape index (κ2) is 6.01. The number of H-pyrrole nitrogens is 1. The average molecular weight is 298 g/mol. The molecule has 22 heavy (non-hydrogen) atoms. The predicted octanol–water partition coefficient (Wildman–Crippen LogP) is 2.43. The number of aromatic amines is 1. The van der Waals surface area contributed by atoms with E-state index in [1.54, 1.807) is 6.07 Å². The molecule has 116 valence electrons. The van der Waals surface area contributed by atoms with E-state index in [4.69, 9.17) is 0 Å². The van der Waals surface area contributed by atoms with Crippen molar-refractivity contribution >= 4 is 0 Å². The van der Waals surface area contributed by atoms with Gasteiger partial charge in [-0.3, -0.25) is 14.7 Å². The Morgan fingerprint density at radius 2 is 2.14 bits per heavy atom. The molecule has 0 radical (unpaired) electrons. The lowest BCUT2D eigenvalue weighted by molar-refractivity contribution is 0.242. The molecule has 1 fully saturated rings. The first-order chi connectivity index (χ1) is 10.5. The Morgan fingerprint density at radius 1 is 1.32 bits per heavy atom. The maximum absolute atomic E-state index is 11.2. The highest BCUT2D eigenvalue weighted by atomic mass is 16.1. The zero-order valence-corrected chi connectivity index (χ0v) is 13.4. The molecule has 2 aromatic rings. The van der Waals surface area contributed by atoms with Crippen molar-refractivity contribution in [2.75, 3.05) is 6.54 Å². The van der Waals surface area contributed by atoms with Crippen LogP contribution in [-0.4, -0.2) is 26.6 Å². The fourth-order valence-corrected chi connectivity index (χ4v) is 3.38. The van der Waals surface area contributed by atoms with E-state index in [9.17, 15) is 4.79 Å². The van der Waals surface area contributed by atoms with Gasteiger partial charge < -0.3 is 0 Å². The molecule has 5 nitrogen and oxygen atoms in total. The molecular weight excluding hydrogens is 276 g/mol. The van der Waals surface area contributed by atoms with Gasteiger partial charge in [-0.2, -0.15) is 5.10 Å². The van der Waals surface area contributed by atoms with E-state index in [1.165, 1.54) is 11.1 Å². The van der Waals surface area contributed by atoms with Gasteiger partial charge in [0, 0.05) is 24.0 Å². The minimum Gasteiger partial charge on any atom is -0.290 e. The Kier molecular flexibility index (Phi) is 4.07. The quantitative estimate of drug-likeness (QED) is 0.945. The molecule has 1 unspecified atom stereocenters. The van der Waals surface area contributed by atoms with Gasteiger partial charge in [0.1, 0.15) is 0 Å². The molecule has 0 aliphatic carbocycles. The molecule has 1 aliphatic heterocycles. The number of pyridine rings is 1. The topological polar surface area (TPSA) is 61.9 Å². The monoisotopic (exact) mass is 298 g/mol. The molecule has 5 heteroatoms. The summed E-state index contributed by atoms with van der Waals surface area (Å²) in [6.07, 6.45) is 2.24. The lowest BCUT2D eigenvalue weighted by Crippen LogP contribution is -2.25. The van der Waals surface area contributed by atoms with Gasteiger partial charge in [0.05, 0.1) is 11.7 Å². The first-order valence-corrected chi connectivity index (χ1v) is 7.78. The van der Waals surface area contributed by atoms with Crippen LogP contribution < -0.4 is 5.56 Å². The minimum atomic E-state index is -0.150. The SMILES string of the molecule is Cc1cc(C)c(CN2CCCC2c2ccc(=O)[nH]n2)c(C)n1. The van der Waals surface area contributed by atoms with Gasteiger partial charge in [0.15, 0.2) is 0 Å². The number of nitrogens with zero attached hydrogens (tertiary/aromatic N) is 3. The van der Waals surface area contributed by atoms with E-state index in [2.05, 4.69) is 40.0 Å². The van der Waals surface area contributed by atoms with Crippen LogP contribution in [0.2, 0.25) is 0 Å². The lowest BCUT2D eigenvalue weighted by Gasteiger charge is -2.25. The van der Waals surface area contributed by atoms with Crippen molar-refractivity contribution in [2.24, 2.45) is 0 Å². The largest absolute Gasteiger partial charge is 0.290 e. The minimum absolute atomic E-state index is 0.150. The van der Waals surface area contributed by atoms with Gasteiger partial charge in [-0.15, -0.1) is 0 Å². The number of hydrogen-bond donors (Lipinski definition) is 1. The van der Waals surface area contributed by atoms with Crippen LogP contribution in [0.25, 0.3) is 0 Å². The number of rotatable bonds is 3. The third-order valence-corrected chi connectivity index (χ3v) is 4.45. The van der Waals surface area contributed by atoms with Crippen LogP contribution in [0.5, 0.6) is 0 Å². The summed E-state index contributed by atoms with van der Waals surface area (Å²) in [5, 5.41) is 6.76. The summed E-state index contributed by atoms with van der Waals surface area (Å²) in [7, 11) is 0. The molecule has 1 N–H and O–H groups in total. The molecule has 3 rings (SSSR count). The van der Waals surface area contributed by atoms with E-state index in [1.807, 2.05) is 13.0 Å². The molecule has 3 heterocycles. The summed E-state index contributed by atoms with van der Waals surface area (Å²) in [6.45, 7) is 8.21. The van der Waals surface area contributed by atoms with Crippen molar-refractivity contribution in [3.63, 3.8) is 0 Å². The first-order valence-electron chi connectivity index (χ1n) is 7.78. The summed E-state index contributed by atoms with van der Waals surface area (Å²) >= 11 is 0. The highest BCUT2D eigenvalue weighted by Crippen LogP contribution is 2.32. The van der Waals surface area contributed by atoms with Gasteiger partial charge in [-0.25, -0.2) is 5.10 Å². The number of aromatic nitrogens is 3. The van der Waals surface area contributed by atoms with E-state index in [-0.39, 0.29) is 11.6 Å². The normalized spacial score (nSPS) is 18.8. The van der Waals surface area contributed by atoms with Gasteiger partial charge >= 0.3 is 0 Å². The molecule has 1 atom stereocenters. The van der Waals surface area contributed by atoms with Crippen molar-refractivity contribution in [3.8, 4) is 0 Å². The molecule has 1 aliphatic rings. The molecule has 0 amide bonds. The van der Waals surface area contributed by atoms with Crippen molar-refractivity contribution in [2.45, 2.75) is 46.2 Å². The van der Waals surface area contributed by atoms with Crippen LogP contribution in [-0.2, 0) is 6.54 Å². The van der Waals surface area contributed by atoms with Crippen molar-refractivity contribution in [3.05, 3.63) is 56.8 Å². The van der Waals surface area contributed by atoms with Gasteiger partial charge in [-0.05, 0) is 63.4 Å². The van der Waals surface area contributed by atoms with E-state index in [0.717, 1.165) is 43.0 Å². The van der Waals surface area contributed by atoms with Gasteiger partial charge in [-0.1, -0.05) is 0 Å². The molecule has 0 saturated carbocycles. The van der Waals surface area contributed by atoms with Crippen LogP contribution in [0.4, 0.5) is 0 Å². The lowest BCUT2D eigenvalue weighted by atomic mass is 10.1. The fourth-order valence-electron chi connectivity index (χ4n) is 3.38. The number of likely N-dealkylation sites (tertiary alicyclic amines) is 1. The van der Waals surface area contributed by atoms with Crippen molar-refractivity contribution in [1.82, 2.24) is 20.1 Å². The zero-order chi connectivity index (χ0) is 15.7. The highest BCUT2D eigenvalue weighted by Gasteiger charge is 2.28. The highest BCUT2D eigenvalue weighted by molar-refractivity contribution is 5.31. The maximum atomic E-state index is 11.2. The van der Waals surface area contributed by atoms with Crippen LogP contribution in [0.1, 0.15) is 47.1 Å². The molecule has 2 aromatic heterocycles. The maximum Gasteiger partial charge on any atom is 0.264 e. The van der Waals surface area contributed by atoms with Crippen LogP contribution >= 0.6 is 0 Å². The second-order valence-electron chi connectivity index (χ2n) is 6.12. The average Bonchev–Trinajstić information content (AvgIpc) is 2.92. The Morgan fingerprint density at radius 3 is 2.82 bits per heavy atom. The number of nitrogens with one attached hydrogen (secondary N) is 1. The molecule has 1 saturated heterocycles. The molecule has 0 aromatic carbocycles. The smallest absolute Gasteiger partial charge is 0.264 e. The molecule has 0 spiro atoms. The Hall–Kier alpha value is -2.01. The van der Waals surface area contributed by atoms with Gasteiger partial charge in [0.25, 0.3) is 5.56 Å². The Balaban J connectivity index is 1.85. The fraction of sp³-hybridized carbons (Fsp3) is 0.471. The standard InChI is InChI=1S/C17H22N4O/c1-11-9-12(2)18-13(3)14(11)10-21-8-4-5-16(21)15-6-7-17(22)20-19-15/h6-7,9,16H,4-5,8,10H2,1-3H3,(H,20,22). The van der Waals surface area contributed by atoms with Gasteiger partial charge in [0.2, 0.25) is 0 Å². The predicted molar refractivity (Wildman–Crippen MR) is 85.7 cm³/mol. The van der Waals surface area contributed by atoms with Crippen LogP contribution in [0.3, 0.4) is 0 Å². The van der Waals surface area contributed by atoms with E-state index < -0.39 is 0 Å². The third-order valence-electron chi connectivity index (χ3n) is 4.45. The number of aryl methyl sites for hydroxylation is 3. The second-order valence-corrected chi connectivity index (χ2v) is 6.12. The molecular formula is C17H22N4O. The van der Waals surface area contributed by atoms with E-state index >= 15 is 0 Å². The zero-order valence-electron chi connectivity index (χ0n) is 13.4. The van der Waals surface area contributed by atoms with Crippen molar-refractivity contribution in [1.29, 1.82) is 0 Å². The molecule has 0 bridgehead atoms. The first kappa shape index (κ1) is 14.9. The number of hydrogen-bond acceptors (Lipinski definition) is 4.